The maximum Gasteiger partial charge on any atom is 0.317 e. The summed E-state index contributed by atoms with van der Waals surface area (Å²) in [7, 11) is 0. The molecule has 0 bridgehead atoms. The van der Waals surface area contributed by atoms with Crippen LogP contribution in [0.15, 0.2) is 36.7 Å². The Labute approximate surface area is 226 Å². The van der Waals surface area contributed by atoms with Crippen LogP contribution in [0.5, 0.6) is 6.01 Å². The predicted molar refractivity (Wildman–Crippen MR) is 143 cm³/mol. The topological polar surface area (TPSA) is 110 Å². The van der Waals surface area contributed by atoms with Crippen LogP contribution in [-0.4, -0.2) is 45.1 Å². The van der Waals surface area contributed by atoms with E-state index in [0.29, 0.717) is 17.6 Å². The summed E-state index contributed by atoms with van der Waals surface area (Å²) in [4.78, 5) is 15.4. The molecule has 3 aromatic heterocycles. The van der Waals surface area contributed by atoms with E-state index in [2.05, 4.69) is 33.0 Å². The zero-order valence-corrected chi connectivity index (χ0v) is 21.6. The minimum atomic E-state index is -0.668. The van der Waals surface area contributed by atoms with Crippen LogP contribution in [0.2, 0.25) is 0 Å². The molecule has 4 aromatic rings. The number of hydrogen-bond acceptors (Lipinski definition) is 9. The molecule has 0 unspecified atom stereocenters. The van der Waals surface area contributed by atoms with Crippen molar-refractivity contribution in [2.75, 3.05) is 25.4 Å². The Morgan fingerprint density at radius 3 is 2.64 bits per heavy atom. The molecule has 2 N–H and O–H groups in total. The molecule has 2 saturated heterocycles. The molecule has 11 heteroatoms. The van der Waals surface area contributed by atoms with Crippen molar-refractivity contribution in [1.29, 1.82) is 5.26 Å². The van der Waals surface area contributed by atoms with Gasteiger partial charge in [-0.2, -0.15) is 10.2 Å². The van der Waals surface area contributed by atoms with E-state index in [1.807, 2.05) is 6.07 Å². The fourth-order valence-electron chi connectivity index (χ4n) is 6.25. The van der Waals surface area contributed by atoms with Gasteiger partial charge in [-0.05, 0) is 24.0 Å². The lowest BCUT2D eigenvalue weighted by Gasteiger charge is -2.30. The first-order chi connectivity index (χ1) is 18.8. The third kappa shape index (κ3) is 3.49. The predicted octanol–water partition coefficient (Wildman–Crippen LogP) is 5.01. The Morgan fingerprint density at radius 2 is 1.90 bits per heavy atom. The second-order valence-electron chi connectivity index (χ2n) is 10.4. The summed E-state index contributed by atoms with van der Waals surface area (Å²) in [5.74, 6) is -1.30. The van der Waals surface area contributed by atoms with Gasteiger partial charge in [0.1, 0.15) is 23.2 Å². The average molecular weight is 545 g/mol. The maximum absolute atomic E-state index is 16.4. The van der Waals surface area contributed by atoms with Crippen LogP contribution in [-0.2, 0) is 18.0 Å². The lowest BCUT2D eigenvalue weighted by atomic mass is 9.92. The van der Waals surface area contributed by atoms with Crippen LogP contribution in [0.4, 0.5) is 13.8 Å². The first kappa shape index (κ1) is 24.1. The van der Waals surface area contributed by atoms with E-state index in [1.165, 1.54) is 0 Å². The number of nitriles is 1. The van der Waals surface area contributed by atoms with Crippen molar-refractivity contribution in [1.82, 2.24) is 19.9 Å². The number of thiophene rings is 1. The number of hydrogen-bond donors (Lipinski definition) is 1. The van der Waals surface area contributed by atoms with Gasteiger partial charge in [-0.15, -0.1) is 11.3 Å². The van der Waals surface area contributed by atoms with E-state index in [4.69, 9.17) is 15.2 Å². The summed E-state index contributed by atoms with van der Waals surface area (Å²) in [6.07, 6.45) is 4.15. The molecule has 0 saturated carbocycles. The summed E-state index contributed by atoms with van der Waals surface area (Å²) in [6, 6.07) is 2.07. The Kier molecular flexibility index (Phi) is 5.26. The zero-order valence-electron chi connectivity index (χ0n) is 20.8. The van der Waals surface area contributed by atoms with Gasteiger partial charge in [0, 0.05) is 35.6 Å². The molecule has 0 amide bonds. The van der Waals surface area contributed by atoms with Crippen molar-refractivity contribution in [3.8, 4) is 23.3 Å². The monoisotopic (exact) mass is 544 g/mol. The highest BCUT2D eigenvalue weighted by Gasteiger charge is 2.48. The van der Waals surface area contributed by atoms with Crippen molar-refractivity contribution in [3.63, 3.8) is 0 Å². The van der Waals surface area contributed by atoms with E-state index in [-0.39, 0.29) is 62.2 Å². The number of halogens is 2. The van der Waals surface area contributed by atoms with Gasteiger partial charge in [-0.1, -0.05) is 24.3 Å². The second kappa shape index (κ2) is 8.51. The van der Waals surface area contributed by atoms with E-state index in [9.17, 15) is 9.65 Å². The molecule has 1 aromatic carbocycles. The Morgan fingerprint density at radius 1 is 1.15 bits per heavy atom. The maximum atomic E-state index is 16.4. The van der Waals surface area contributed by atoms with Crippen LogP contribution in [0, 0.1) is 23.0 Å². The van der Waals surface area contributed by atoms with Gasteiger partial charge in [-0.3, -0.25) is 9.88 Å². The number of aromatic nitrogens is 3. The van der Waals surface area contributed by atoms with E-state index >= 15 is 4.39 Å². The highest BCUT2D eigenvalue weighted by atomic mass is 32.1. The number of anilines is 1. The van der Waals surface area contributed by atoms with Crippen molar-refractivity contribution in [2.45, 2.75) is 31.6 Å². The molecule has 2 fully saturated rings. The zero-order chi connectivity index (χ0) is 27.1. The standard InChI is InChI=1S/C28H22F2N6O2S/c1-13-3-28(4-14(2)9-36(28)8-13)12-38-27-34-6-16-17-10-37-11-18(17)20(22(30)23(16)35-27)24-21-15(5-31)26(32)39-25(21)19(29)7-33-24/h6-7H,1-4,8-12,32H2. The highest BCUT2D eigenvalue weighted by molar-refractivity contribution is 7.23. The van der Waals surface area contributed by atoms with Crippen LogP contribution in [0.1, 0.15) is 29.5 Å². The minimum Gasteiger partial charge on any atom is -0.461 e. The smallest absolute Gasteiger partial charge is 0.317 e. The molecular formula is C28H22F2N6O2S. The Hall–Kier alpha value is -3.98. The van der Waals surface area contributed by atoms with E-state index in [1.54, 1.807) is 6.20 Å². The number of nitrogens with two attached hydrogens (primary N) is 1. The van der Waals surface area contributed by atoms with Gasteiger partial charge in [-0.25, -0.2) is 13.8 Å². The van der Waals surface area contributed by atoms with E-state index in [0.717, 1.165) is 60.2 Å². The molecule has 0 aliphatic carbocycles. The quantitative estimate of drug-likeness (QED) is 0.357. The van der Waals surface area contributed by atoms with Crippen LogP contribution >= 0.6 is 11.3 Å². The number of ether oxygens (including phenoxy) is 2. The lowest BCUT2D eigenvalue weighted by molar-refractivity contribution is 0.108. The molecule has 39 heavy (non-hydrogen) atoms. The molecule has 3 aliphatic heterocycles. The molecule has 6 heterocycles. The fraction of sp³-hybridized carbons (Fsp3) is 0.286. The summed E-state index contributed by atoms with van der Waals surface area (Å²) in [5.41, 5.74) is 9.67. The third-order valence-electron chi connectivity index (χ3n) is 7.85. The number of nitrogen functional groups attached to an aromatic ring is 1. The number of nitrogens with zero attached hydrogens (tertiary/aromatic N) is 5. The normalized spacial score (nSPS) is 18.2. The number of fused-ring (bicyclic) bond motifs is 5. The van der Waals surface area contributed by atoms with Gasteiger partial charge in [0.05, 0.1) is 40.9 Å². The summed E-state index contributed by atoms with van der Waals surface area (Å²) in [6.45, 7) is 10.6. The molecule has 196 valence electrons. The van der Waals surface area contributed by atoms with Crippen LogP contribution in [0.25, 0.3) is 32.2 Å². The molecule has 0 atom stereocenters. The van der Waals surface area contributed by atoms with E-state index < -0.39 is 11.6 Å². The third-order valence-corrected chi connectivity index (χ3v) is 8.88. The Balaban J connectivity index is 1.36. The minimum absolute atomic E-state index is 0.0428. The number of pyridine rings is 1. The highest BCUT2D eigenvalue weighted by Crippen LogP contribution is 2.46. The fourth-order valence-corrected chi connectivity index (χ4v) is 7.17. The van der Waals surface area contributed by atoms with Gasteiger partial charge in [0.25, 0.3) is 0 Å². The van der Waals surface area contributed by atoms with Crippen molar-refractivity contribution in [2.24, 2.45) is 0 Å². The van der Waals surface area contributed by atoms with Gasteiger partial charge in [0.15, 0.2) is 11.6 Å². The lowest BCUT2D eigenvalue weighted by Crippen LogP contribution is -2.43. The molecule has 0 spiro atoms. The van der Waals surface area contributed by atoms with Crippen molar-refractivity contribution < 1.29 is 18.3 Å². The second-order valence-corrected chi connectivity index (χ2v) is 11.4. The molecule has 3 aliphatic rings. The number of rotatable bonds is 4. The largest absolute Gasteiger partial charge is 0.461 e. The number of benzene rings is 1. The summed E-state index contributed by atoms with van der Waals surface area (Å²) in [5, 5.41) is 10.6. The van der Waals surface area contributed by atoms with Gasteiger partial charge in [0.2, 0.25) is 0 Å². The van der Waals surface area contributed by atoms with Crippen LogP contribution < -0.4 is 10.5 Å². The van der Waals surface area contributed by atoms with Gasteiger partial charge < -0.3 is 15.2 Å². The van der Waals surface area contributed by atoms with Crippen molar-refractivity contribution >= 4 is 37.3 Å². The first-order valence-corrected chi connectivity index (χ1v) is 13.2. The Bertz CT molecular complexity index is 1790. The molecule has 8 nitrogen and oxygen atoms in total. The van der Waals surface area contributed by atoms with Gasteiger partial charge >= 0.3 is 6.01 Å². The van der Waals surface area contributed by atoms with Crippen molar-refractivity contribution in [3.05, 3.63) is 65.0 Å². The SMILES string of the molecule is C=C1CN2CC(=C)CC2(COc2ncc3c4c(c(-c5ncc(F)c6sc(N)c(C#N)c56)c(F)c3n2)COC4)C1. The molecule has 0 radical (unpaired) electrons. The molecule has 7 rings (SSSR count). The summed E-state index contributed by atoms with van der Waals surface area (Å²) < 4.78 is 43.0. The first-order valence-electron chi connectivity index (χ1n) is 12.4. The average Bonchev–Trinajstić information content (AvgIpc) is 3.65. The van der Waals surface area contributed by atoms with Crippen LogP contribution in [0.3, 0.4) is 0 Å². The summed E-state index contributed by atoms with van der Waals surface area (Å²) >= 11 is 0.934. The molecular weight excluding hydrogens is 522 g/mol.